The van der Waals surface area contributed by atoms with Gasteiger partial charge in [-0.1, -0.05) is 0 Å². The standard InChI is InChI=1S/C8H2F14O2.K/c9-1(10)3(11,12)5(15,16)7(19,20)8(21,22)6(17,18)4(13,14)2(23)24;/h1H,(H,23,24);/q;+1/p-1. The van der Waals surface area contributed by atoms with E-state index in [2.05, 4.69) is 0 Å². The van der Waals surface area contributed by atoms with Crippen molar-refractivity contribution in [1.29, 1.82) is 0 Å². The summed E-state index contributed by atoms with van der Waals surface area (Å²) >= 11 is 0. The van der Waals surface area contributed by atoms with Gasteiger partial charge >= 0.3 is 93.3 Å². The first-order valence-electron chi connectivity index (χ1n) is 4.90. The van der Waals surface area contributed by atoms with Gasteiger partial charge in [0.1, 0.15) is 5.97 Å². The number of carboxylic acids is 1. The average Bonchev–Trinajstić information content (AvgIpc) is 2.36. The Labute approximate surface area is 169 Å². The van der Waals surface area contributed by atoms with Crippen LogP contribution in [0.5, 0.6) is 0 Å². The molecule has 0 bridgehead atoms. The van der Waals surface area contributed by atoms with E-state index in [1.165, 1.54) is 0 Å². The molecule has 0 radical (unpaired) electrons. The molecule has 144 valence electrons. The maximum absolute atomic E-state index is 12.8. The molecule has 0 aromatic heterocycles. The van der Waals surface area contributed by atoms with Crippen LogP contribution in [0.3, 0.4) is 0 Å². The summed E-state index contributed by atoms with van der Waals surface area (Å²) in [7, 11) is 0. The van der Waals surface area contributed by atoms with E-state index >= 15 is 0 Å². The normalized spacial score (nSPS) is 15.2. The number of carbonyl (C=O) groups excluding carboxylic acids is 1. The quantitative estimate of drug-likeness (QED) is 0.412. The van der Waals surface area contributed by atoms with Gasteiger partial charge in [-0.05, 0) is 0 Å². The largest absolute Gasteiger partial charge is 1.00 e. The summed E-state index contributed by atoms with van der Waals surface area (Å²) < 4.78 is 174. The molecule has 0 aliphatic heterocycles. The molecule has 2 nitrogen and oxygen atoms in total. The Morgan fingerprint density at radius 2 is 0.920 bits per heavy atom. The Morgan fingerprint density at radius 3 is 1.16 bits per heavy atom. The van der Waals surface area contributed by atoms with Crippen LogP contribution >= 0.6 is 0 Å². The fourth-order valence-corrected chi connectivity index (χ4v) is 1.07. The number of aliphatic carboxylic acids is 1. The van der Waals surface area contributed by atoms with Crippen molar-refractivity contribution in [2.45, 2.75) is 42.0 Å². The first kappa shape index (κ1) is 27.3. The Bertz CT molecular complexity index is 501. The molecule has 0 atom stereocenters. The third-order valence-corrected chi connectivity index (χ3v) is 2.53. The molecule has 0 rings (SSSR count). The minimum Gasteiger partial charge on any atom is -0.544 e. The van der Waals surface area contributed by atoms with Crippen LogP contribution in [0.1, 0.15) is 0 Å². The van der Waals surface area contributed by atoms with Gasteiger partial charge in [-0.25, -0.2) is 8.78 Å². The maximum atomic E-state index is 12.8. The fourth-order valence-electron chi connectivity index (χ4n) is 1.07. The molecule has 0 aliphatic carbocycles. The van der Waals surface area contributed by atoms with Crippen molar-refractivity contribution in [3.63, 3.8) is 0 Å². The van der Waals surface area contributed by atoms with Crippen molar-refractivity contribution in [2.75, 3.05) is 0 Å². The molecule has 0 aromatic rings. The first-order valence-corrected chi connectivity index (χ1v) is 4.90. The van der Waals surface area contributed by atoms with Gasteiger partial charge in [-0.15, -0.1) is 0 Å². The second-order valence-corrected chi connectivity index (χ2v) is 4.08. The molecular formula is C8HF14KO2. The number of hydrogen-bond donors (Lipinski definition) is 0. The van der Waals surface area contributed by atoms with Gasteiger partial charge in [0.05, 0.1) is 0 Å². The zero-order valence-corrected chi connectivity index (χ0v) is 14.3. The molecule has 0 saturated carbocycles. The van der Waals surface area contributed by atoms with Crippen LogP contribution in [0.4, 0.5) is 61.5 Å². The van der Waals surface area contributed by atoms with Gasteiger partial charge in [0.15, 0.2) is 0 Å². The zero-order valence-electron chi connectivity index (χ0n) is 11.2. The Morgan fingerprint density at radius 1 is 0.640 bits per heavy atom. The molecule has 25 heavy (non-hydrogen) atoms. The van der Waals surface area contributed by atoms with Crippen LogP contribution in [-0.4, -0.2) is 47.9 Å². The Hall–Kier alpha value is 0.126. The second kappa shape index (κ2) is 7.27. The van der Waals surface area contributed by atoms with Crippen LogP contribution in [-0.2, 0) is 4.79 Å². The van der Waals surface area contributed by atoms with E-state index in [4.69, 9.17) is 0 Å². The SMILES string of the molecule is O=C([O-])C(F)(F)C(F)(F)C(F)(F)C(F)(F)C(F)(F)C(F)(F)C(F)F.[K+]. The van der Waals surface area contributed by atoms with Gasteiger partial charge in [-0.3, -0.25) is 0 Å². The Balaban J connectivity index is 0. The molecule has 0 N–H and O–H groups in total. The molecule has 0 fully saturated rings. The first-order chi connectivity index (χ1) is 10.1. The molecule has 0 amide bonds. The second-order valence-electron chi connectivity index (χ2n) is 4.08. The van der Waals surface area contributed by atoms with Crippen molar-refractivity contribution in [3.8, 4) is 0 Å². The third-order valence-electron chi connectivity index (χ3n) is 2.53. The van der Waals surface area contributed by atoms with Gasteiger partial charge in [0.25, 0.3) is 0 Å². The summed E-state index contributed by atoms with van der Waals surface area (Å²) in [5.74, 6) is -51.4. The predicted octanol–water partition coefficient (Wildman–Crippen LogP) is -0.183. The van der Waals surface area contributed by atoms with Crippen molar-refractivity contribution in [2.24, 2.45) is 0 Å². The van der Waals surface area contributed by atoms with Crippen molar-refractivity contribution in [1.82, 2.24) is 0 Å². The summed E-state index contributed by atoms with van der Waals surface area (Å²) in [5, 5.41) is 9.62. The van der Waals surface area contributed by atoms with Gasteiger partial charge in [0, 0.05) is 0 Å². The van der Waals surface area contributed by atoms with Crippen molar-refractivity contribution < 1.29 is 123 Å². The summed E-state index contributed by atoms with van der Waals surface area (Å²) in [6.45, 7) is 0. The topological polar surface area (TPSA) is 40.1 Å². The fraction of sp³-hybridized carbons (Fsp3) is 0.875. The van der Waals surface area contributed by atoms with Gasteiger partial charge < -0.3 is 9.90 Å². The number of rotatable bonds is 7. The molecular weight excluding hydrogens is 433 g/mol. The van der Waals surface area contributed by atoms with Crippen LogP contribution in [0.25, 0.3) is 0 Å². The molecule has 0 aromatic carbocycles. The van der Waals surface area contributed by atoms with Crippen molar-refractivity contribution >= 4 is 5.97 Å². The summed E-state index contributed by atoms with van der Waals surface area (Å²) in [5.41, 5.74) is 0. The smallest absolute Gasteiger partial charge is 0.544 e. The van der Waals surface area contributed by atoms with E-state index in [-0.39, 0.29) is 51.4 Å². The van der Waals surface area contributed by atoms with E-state index in [1.54, 1.807) is 0 Å². The maximum Gasteiger partial charge on any atom is 1.00 e. The molecule has 0 saturated heterocycles. The van der Waals surface area contributed by atoms with Crippen LogP contribution in [0.15, 0.2) is 0 Å². The monoisotopic (exact) mass is 434 g/mol. The summed E-state index contributed by atoms with van der Waals surface area (Å²) in [6.07, 6.45) is -5.80. The minimum absolute atomic E-state index is 0. The molecule has 0 spiro atoms. The van der Waals surface area contributed by atoms with Gasteiger partial charge in [0.2, 0.25) is 0 Å². The zero-order chi connectivity index (χ0) is 20.2. The Kier molecular flexibility index (Phi) is 7.95. The number of halogens is 14. The number of carbonyl (C=O) groups is 1. The molecule has 0 aliphatic rings. The molecule has 0 heterocycles. The van der Waals surface area contributed by atoms with Crippen LogP contribution in [0, 0.1) is 0 Å². The predicted molar refractivity (Wildman–Crippen MR) is 40.7 cm³/mol. The third kappa shape index (κ3) is 3.62. The summed E-state index contributed by atoms with van der Waals surface area (Å²) in [4.78, 5) is 9.62. The van der Waals surface area contributed by atoms with Crippen molar-refractivity contribution in [3.05, 3.63) is 0 Å². The van der Waals surface area contributed by atoms with E-state index < -0.39 is 47.9 Å². The van der Waals surface area contributed by atoms with E-state index in [0.717, 1.165) is 0 Å². The van der Waals surface area contributed by atoms with Gasteiger partial charge in [-0.2, -0.15) is 52.7 Å². The number of carboxylic acid groups (broad SMARTS) is 1. The van der Waals surface area contributed by atoms with Crippen LogP contribution in [0.2, 0.25) is 0 Å². The molecule has 17 heteroatoms. The average molecular weight is 434 g/mol. The summed E-state index contributed by atoms with van der Waals surface area (Å²) in [6, 6.07) is 0. The number of alkyl halides is 14. The molecule has 0 unspecified atom stereocenters. The minimum atomic E-state index is -8.23. The van der Waals surface area contributed by atoms with Crippen LogP contribution < -0.4 is 56.5 Å². The van der Waals surface area contributed by atoms with E-state index in [0.29, 0.717) is 0 Å². The van der Waals surface area contributed by atoms with E-state index in [9.17, 15) is 71.4 Å². The number of hydrogen-bond acceptors (Lipinski definition) is 2. The van der Waals surface area contributed by atoms with E-state index in [1.807, 2.05) is 0 Å².